The summed E-state index contributed by atoms with van der Waals surface area (Å²) in [5, 5.41) is 9.38. The molecule has 0 aliphatic rings. The van der Waals surface area contributed by atoms with Gasteiger partial charge in [-0.1, -0.05) is 25.4 Å². The normalized spacial score (nSPS) is 11.2. The molecule has 1 N–H and O–H groups in total. The van der Waals surface area contributed by atoms with Crippen molar-refractivity contribution in [3.8, 4) is 11.5 Å². The number of halogens is 1. The van der Waals surface area contributed by atoms with Crippen molar-refractivity contribution in [1.82, 2.24) is 0 Å². The molecule has 1 aromatic rings. The monoisotopic (exact) mass is 272 g/mol. The van der Waals surface area contributed by atoms with Gasteiger partial charge < -0.3 is 14.6 Å². The number of aliphatic carboxylic acids is 1. The van der Waals surface area contributed by atoms with E-state index in [2.05, 4.69) is 0 Å². The highest BCUT2D eigenvalue weighted by atomic mass is 35.5. The van der Waals surface area contributed by atoms with Gasteiger partial charge in [-0.05, 0) is 6.07 Å². The Labute approximate surface area is 111 Å². The van der Waals surface area contributed by atoms with Crippen LogP contribution in [0.15, 0.2) is 12.1 Å². The number of benzene rings is 1. The van der Waals surface area contributed by atoms with Gasteiger partial charge in [0.25, 0.3) is 0 Å². The highest BCUT2D eigenvalue weighted by molar-refractivity contribution is 6.32. The van der Waals surface area contributed by atoms with E-state index in [1.54, 1.807) is 12.1 Å². The average molecular weight is 273 g/mol. The van der Waals surface area contributed by atoms with E-state index in [0.717, 1.165) is 5.56 Å². The molecule has 1 rings (SSSR count). The van der Waals surface area contributed by atoms with Crippen LogP contribution in [0.1, 0.15) is 25.8 Å². The lowest BCUT2D eigenvalue weighted by Gasteiger charge is -2.26. The maximum Gasteiger partial charge on any atom is 0.304 e. The van der Waals surface area contributed by atoms with E-state index in [0.29, 0.717) is 16.5 Å². The Morgan fingerprint density at radius 3 is 2.28 bits per heavy atom. The molecule has 0 spiro atoms. The van der Waals surface area contributed by atoms with Crippen molar-refractivity contribution in [3.63, 3.8) is 0 Å². The van der Waals surface area contributed by atoms with Crippen LogP contribution < -0.4 is 9.47 Å². The molecule has 0 aromatic heterocycles. The number of carboxylic acids is 1. The van der Waals surface area contributed by atoms with E-state index in [9.17, 15) is 4.79 Å². The van der Waals surface area contributed by atoms with Crippen LogP contribution >= 0.6 is 11.6 Å². The lowest BCUT2D eigenvalue weighted by Crippen LogP contribution is -2.22. The smallest absolute Gasteiger partial charge is 0.304 e. The predicted molar refractivity (Wildman–Crippen MR) is 69.8 cm³/mol. The lowest BCUT2D eigenvalue weighted by molar-refractivity contribution is -0.138. The number of hydrogen-bond donors (Lipinski definition) is 1. The zero-order valence-electron chi connectivity index (χ0n) is 10.9. The van der Waals surface area contributed by atoms with E-state index in [-0.39, 0.29) is 6.42 Å². The third kappa shape index (κ3) is 3.07. The minimum atomic E-state index is -0.867. The molecule has 0 fully saturated rings. The number of carbonyl (C=O) groups is 1. The number of methoxy groups -OCH3 is 2. The molecule has 18 heavy (non-hydrogen) atoms. The molecule has 4 nitrogen and oxygen atoms in total. The molecule has 0 amide bonds. The van der Waals surface area contributed by atoms with Gasteiger partial charge in [-0.2, -0.15) is 0 Å². The maximum atomic E-state index is 10.9. The quantitative estimate of drug-likeness (QED) is 0.895. The zero-order chi connectivity index (χ0) is 13.9. The van der Waals surface area contributed by atoms with Crippen LogP contribution in [0.4, 0.5) is 0 Å². The van der Waals surface area contributed by atoms with Gasteiger partial charge >= 0.3 is 5.97 Å². The fraction of sp³-hybridized carbons (Fsp3) is 0.462. The second kappa shape index (κ2) is 5.48. The first-order chi connectivity index (χ1) is 8.31. The van der Waals surface area contributed by atoms with Gasteiger partial charge in [-0.15, -0.1) is 0 Å². The lowest BCUT2D eigenvalue weighted by atomic mass is 9.81. The summed E-state index contributed by atoms with van der Waals surface area (Å²) < 4.78 is 10.4. The molecule has 0 aliphatic carbocycles. The van der Waals surface area contributed by atoms with Crippen LogP contribution in [0.25, 0.3) is 0 Å². The van der Waals surface area contributed by atoms with E-state index in [1.807, 2.05) is 13.8 Å². The average Bonchev–Trinajstić information content (AvgIpc) is 2.27. The van der Waals surface area contributed by atoms with Crippen molar-refractivity contribution in [1.29, 1.82) is 0 Å². The van der Waals surface area contributed by atoms with Crippen molar-refractivity contribution in [3.05, 3.63) is 22.7 Å². The van der Waals surface area contributed by atoms with Crippen LogP contribution in [0.3, 0.4) is 0 Å². The summed E-state index contributed by atoms with van der Waals surface area (Å²) in [5.41, 5.74) is 0.172. The number of rotatable bonds is 5. The summed E-state index contributed by atoms with van der Waals surface area (Å²) in [6.45, 7) is 3.67. The van der Waals surface area contributed by atoms with Gasteiger partial charge in [0.05, 0.1) is 25.7 Å². The zero-order valence-corrected chi connectivity index (χ0v) is 11.7. The van der Waals surface area contributed by atoms with E-state index < -0.39 is 11.4 Å². The maximum absolute atomic E-state index is 10.9. The van der Waals surface area contributed by atoms with Crippen LogP contribution in [-0.4, -0.2) is 25.3 Å². The van der Waals surface area contributed by atoms with Gasteiger partial charge in [0, 0.05) is 17.0 Å². The Kier molecular flexibility index (Phi) is 4.46. The second-order valence-corrected chi connectivity index (χ2v) is 5.05. The van der Waals surface area contributed by atoms with Crippen LogP contribution in [0, 0.1) is 0 Å². The first kappa shape index (κ1) is 14.6. The first-order valence-corrected chi connectivity index (χ1v) is 5.83. The van der Waals surface area contributed by atoms with Crippen LogP contribution in [0.5, 0.6) is 11.5 Å². The Hall–Kier alpha value is -1.42. The number of carboxylic acid groups (broad SMARTS) is 1. The van der Waals surface area contributed by atoms with Crippen molar-refractivity contribution in [2.75, 3.05) is 14.2 Å². The minimum Gasteiger partial charge on any atom is -0.496 e. The molecule has 1 aromatic carbocycles. The van der Waals surface area contributed by atoms with Gasteiger partial charge in [0.2, 0.25) is 0 Å². The molecular formula is C13H17ClO4. The third-order valence-corrected chi connectivity index (χ3v) is 3.09. The molecule has 0 heterocycles. The van der Waals surface area contributed by atoms with Crippen molar-refractivity contribution < 1.29 is 19.4 Å². The Morgan fingerprint density at radius 2 is 1.83 bits per heavy atom. The SMILES string of the molecule is COc1cc(OC)c(C(C)(C)CC(=O)O)cc1Cl. The Balaban J connectivity index is 3.30. The standard InChI is InChI=1S/C13H17ClO4/c1-13(2,7-12(15)16)8-5-9(14)11(18-4)6-10(8)17-3/h5-6H,7H2,1-4H3,(H,15,16). The van der Waals surface area contributed by atoms with Gasteiger partial charge in [0.1, 0.15) is 11.5 Å². The molecule has 0 unspecified atom stereocenters. The third-order valence-electron chi connectivity index (χ3n) is 2.80. The summed E-state index contributed by atoms with van der Waals surface area (Å²) >= 11 is 6.07. The van der Waals surface area contributed by atoms with Gasteiger partial charge in [0.15, 0.2) is 0 Å². The molecule has 0 saturated carbocycles. The molecule has 0 bridgehead atoms. The highest BCUT2D eigenvalue weighted by Crippen LogP contribution is 2.40. The topological polar surface area (TPSA) is 55.8 Å². The van der Waals surface area contributed by atoms with E-state index in [4.69, 9.17) is 26.2 Å². The molecule has 0 saturated heterocycles. The summed E-state index contributed by atoms with van der Waals surface area (Å²) in [5.74, 6) is 0.208. The van der Waals surface area contributed by atoms with E-state index in [1.165, 1.54) is 14.2 Å². The predicted octanol–water partition coefficient (Wildman–Crippen LogP) is 3.11. The molecular weight excluding hydrogens is 256 g/mol. The van der Waals surface area contributed by atoms with E-state index >= 15 is 0 Å². The summed E-state index contributed by atoms with van der Waals surface area (Å²) in [6, 6.07) is 3.36. The van der Waals surface area contributed by atoms with Gasteiger partial charge in [-0.3, -0.25) is 4.79 Å². The molecule has 0 aliphatic heterocycles. The summed E-state index contributed by atoms with van der Waals surface area (Å²) in [7, 11) is 3.05. The van der Waals surface area contributed by atoms with Gasteiger partial charge in [-0.25, -0.2) is 0 Å². The van der Waals surface area contributed by atoms with Crippen LogP contribution in [0.2, 0.25) is 5.02 Å². The molecule has 0 radical (unpaired) electrons. The van der Waals surface area contributed by atoms with Crippen molar-refractivity contribution in [2.45, 2.75) is 25.7 Å². The Morgan fingerprint density at radius 1 is 1.28 bits per heavy atom. The second-order valence-electron chi connectivity index (χ2n) is 4.64. The number of hydrogen-bond acceptors (Lipinski definition) is 3. The molecule has 5 heteroatoms. The minimum absolute atomic E-state index is 0.00792. The summed E-state index contributed by atoms with van der Waals surface area (Å²) in [4.78, 5) is 10.9. The number of ether oxygens (including phenoxy) is 2. The fourth-order valence-electron chi connectivity index (χ4n) is 1.86. The largest absolute Gasteiger partial charge is 0.496 e. The molecule has 100 valence electrons. The molecule has 0 atom stereocenters. The van der Waals surface area contributed by atoms with Crippen molar-refractivity contribution in [2.24, 2.45) is 0 Å². The summed E-state index contributed by atoms with van der Waals surface area (Å²) in [6.07, 6.45) is -0.00792. The first-order valence-electron chi connectivity index (χ1n) is 5.45. The fourth-order valence-corrected chi connectivity index (χ4v) is 2.10. The Bertz CT molecular complexity index is 455. The van der Waals surface area contributed by atoms with Crippen molar-refractivity contribution >= 4 is 17.6 Å². The van der Waals surface area contributed by atoms with Crippen LogP contribution in [-0.2, 0) is 10.2 Å². The highest BCUT2D eigenvalue weighted by Gasteiger charge is 2.28.